The van der Waals surface area contributed by atoms with E-state index in [1.807, 2.05) is 13.1 Å². The topological polar surface area (TPSA) is 12.5 Å². The van der Waals surface area contributed by atoms with Crippen LogP contribution in [0.2, 0.25) is 0 Å². The number of anilines is 1. The van der Waals surface area contributed by atoms with Crippen molar-refractivity contribution in [3.8, 4) is 0 Å². The van der Waals surface area contributed by atoms with Crippen molar-refractivity contribution in [2.75, 3.05) is 31.7 Å². The maximum absolute atomic E-state index is 13.7. The van der Waals surface area contributed by atoms with E-state index in [4.69, 9.17) is 4.74 Å². The summed E-state index contributed by atoms with van der Waals surface area (Å²) in [6.07, 6.45) is 2.33. The second-order valence-electron chi connectivity index (χ2n) is 4.83. The zero-order valence-corrected chi connectivity index (χ0v) is 12.2. The predicted octanol–water partition coefficient (Wildman–Crippen LogP) is 3.58. The molecule has 1 heterocycles. The highest BCUT2D eigenvalue weighted by Crippen LogP contribution is 2.26. The Bertz CT molecular complexity index is 393. The molecule has 0 N–H and O–H groups in total. The lowest BCUT2D eigenvalue weighted by Crippen LogP contribution is -2.31. The van der Waals surface area contributed by atoms with Crippen molar-refractivity contribution in [1.29, 1.82) is 0 Å². The van der Waals surface area contributed by atoms with E-state index in [0.717, 1.165) is 37.4 Å². The summed E-state index contributed by atoms with van der Waals surface area (Å²) in [6.45, 7) is 2.62. The van der Waals surface area contributed by atoms with E-state index in [9.17, 15) is 4.39 Å². The maximum atomic E-state index is 13.7. The molecule has 1 aromatic rings. The molecule has 100 valence electrons. The highest BCUT2D eigenvalue weighted by molar-refractivity contribution is 9.08. The summed E-state index contributed by atoms with van der Waals surface area (Å²) in [4.78, 5) is 2.14. The zero-order chi connectivity index (χ0) is 13.0. The van der Waals surface area contributed by atoms with Gasteiger partial charge in [-0.25, -0.2) is 4.39 Å². The quantitative estimate of drug-likeness (QED) is 0.787. The van der Waals surface area contributed by atoms with Crippen LogP contribution in [-0.2, 0) is 10.1 Å². The van der Waals surface area contributed by atoms with E-state index in [1.54, 1.807) is 6.07 Å². The number of halogens is 2. The van der Waals surface area contributed by atoms with E-state index in [2.05, 4.69) is 20.8 Å². The Balaban J connectivity index is 2.07. The highest BCUT2D eigenvalue weighted by atomic mass is 79.9. The molecule has 1 aromatic carbocycles. The van der Waals surface area contributed by atoms with Crippen LogP contribution in [0.5, 0.6) is 0 Å². The van der Waals surface area contributed by atoms with Crippen molar-refractivity contribution in [2.45, 2.75) is 18.2 Å². The molecule has 0 spiro atoms. The standard InChI is InChI=1S/C14H19BrFNO/c1-17(9-11-4-3-7-18-10-11)14-6-2-5-13(16)12(14)8-15/h2,5-6,11H,3-4,7-10H2,1H3. The van der Waals surface area contributed by atoms with E-state index in [-0.39, 0.29) is 5.82 Å². The molecule has 0 aromatic heterocycles. The molecule has 2 nitrogen and oxygen atoms in total. The normalized spacial score (nSPS) is 19.8. The van der Waals surface area contributed by atoms with Gasteiger partial charge >= 0.3 is 0 Å². The number of hydrogen-bond donors (Lipinski definition) is 0. The van der Waals surface area contributed by atoms with Crippen molar-refractivity contribution in [3.05, 3.63) is 29.6 Å². The molecule has 1 aliphatic rings. The van der Waals surface area contributed by atoms with Gasteiger partial charge in [0.2, 0.25) is 0 Å². The Labute approximate surface area is 116 Å². The fourth-order valence-electron chi connectivity index (χ4n) is 2.47. The summed E-state index contributed by atoms with van der Waals surface area (Å²) >= 11 is 3.36. The summed E-state index contributed by atoms with van der Waals surface area (Å²) in [6, 6.07) is 5.26. The molecule has 1 atom stereocenters. The molecule has 0 radical (unpaired) electrons. The molecule has 0 aliphatic carbocycles. The first-order chi connectivity index (χ1) is 8.72. The molecule has 18 heavy (non-hydrogen) atoms. The van der Waals surface area contributed by atoms with Crippen molar-refractivity contribution in [1.82, 2.24) is 0 Å². The second-order valence-corrected chi connectivity index (χ2v) is 5.40. The third-order valence-corrected chi connectivity index (χ3v) is 3.99. The van der Waals surface area contributed by atoms with Crippen LogP contribution in [-0.4, -0.2) is 26.8 Å². The van der Waals surface area contributed by atoms with Gasteiger partial charge in [-0.1, -0.05) is 22.0 Å². The van der Waals surface area contributed by atoms with Crippen LogP contribution in [0.25, 0.3) is 0 Å². The smallest absolute Gasteiger partial charge is 0.129 e. The minimum atomic E-state index is -0.142. The molecule has 0 saturated carbocycles. The van der Waals surface area contributed by atoms with Crippen molar-refractivity contribution >= 4 is 21.6 Å². The van der Waals surface area contributed by atoms with E-state index in [0.29, 0.717) is 11.2 Å². The molecule has 1 fully saturated rings. The minimum absolute atomic E-state index is 0.142. The fourth-order valence-corrected chi connectivity index (χ4v) is 3.03. The van der Waals surface area contributed by atoms with Crippen LogP contribution < -0.4 is 4.90 Å². The Morgan fingerprint density at radius 1 is 1.50 bits per heavy atom. The minimum Gasteiger partial charge on any atom is -0.381 e. The largest absolute Gasteiger partial charge is 0.381 e. The molecule has 1 unspecified atom stereocenters. The molecular formula is C14H19BrFNO. The SMILES string of the molecule is CN(CC1CCCOC1)c1cccc(F)c1CBr. The number of ether oxygens (including phenoxy) is 1. The van der Waals surface area contributed by atoms with E-state index < -0.39 is 0 Å². The van der Waals surface area contributed by atoms with Gasteiger partial charge in [-0.2, -0.15) is 0 Å². The molecule has 0 amide bonds. The summed E-state index contributed by atoms with van der Waals surface area (Å²) in [7, 11) is 2.02. The van der Waals surface area contributed by atoms with Gasteiger partial charge in [0.15, 0.2) is 0 Å². The monoisotopic (exact) mass is 315 g/mol. The van der Waals surface area contributed by atoms with Crippen molar-refractivity contribution in [2.24, 2.45) is 5.92 Å². The first kappa shape index (κ1) is 13.8. The number of alkyl halides is 1. The lowest BCUT2D eigenvalue weighted by atomic mass is 10.0. The van der Waals surface area contributed by atoms with Gasteiger partial charge in [0.25, 0.3) is 0 Å². The van der Waals surface area contributed by atoms with Gasteiger partial charge in [0, 0.05) is 36.8 Å². The number of benzene rings is 1. The molecule has 4 heteroatoms. The van der Waals surface area contributed by atoms with Gasteiger partial charge in [-0.3, -0.25) is 0 Å². The van der Waals surface area contributed by atoms with Crippen LogP contribution in [0.1, 0.15) is 18.4 Å². The van der Waals surface area contributed by atoms with Gasteiger partial charge in [-0.05, 0) is 30.9 Å². The predicted molar refractivity (Wildman–Crippen MR) is 75.8 cm³/mol. The second kappa shape index (κ2) is 6.53. The average Bonchev–Trinajstić information content (AvgIpc) is 2.39. The van der Waals surface area contributed by atoms with Crippen LogP contribution in [0, 0.1) is 11.7 Å². The number of rotatable bonds is 4. The number of nitrogens with zero attached hydrogens (tertiary/aromatic N) is 1. The van der Waals surface area contributed by atoms with Gasteiger partial charge in [0.1, 0.15) is 5.82 Å². The Kier molecular flexibility index (Phi) is 5.01. The summed E-state index contributed by atoms with van der Waals surface area (Å²) < 4.78 is 19.2. The van der Waals surface area contributed by atoms with Gasteiger partial charge in [0.05, 0.1) is 6.61 Å². The third kappa shape index (κ3) is 3.23. The molecule has 1 aliphatic heterocycles. The van der Waals surface area contributed by atoms with Crippen LogP contribution in [0.15, 0.2) is 18.2 Å². The first-order valence-corrected chi connectivity index (χ1v) is 7.46. The fraction of sp³-hybridized carbons (Fsp3) is 0.571. The average molecular weight is 316 g/mol. The van der Waals surface area contributed by atoms with Crippen LogP contribution in [0.4, 0.5) is 10.1 Å². The number of hydrogen-bond acceptors (Lipinski definition) is 2. The molecule has 1 saturated heterocycles. The van der Waals surface area contributed by atoms with Gasteiger partial charge < -0.3 is 9.64 Å². The molecular weight excluding hydrogens is 297 g/mol. The molecule has 0 bridgehead atoms. The highest BCUT2D eigenvalue weighted by Gasteiger charge is 2.18. The van der Waals surface area contributed by atoms with Gasteiger partial charge in [-0.15, -0.1) is 0 Å². The van der Waals surface area contributed by atoms with E-state index in [1.165, 1.54) is 12.5 Å². The van der Waals surface area contributed by atoms with Crippen molar-refractivity contribution in [3.63, 3.8) is 0 Å². The van der Waals surface area contributed by atoms with E-state index >= 15 is 0 Å². The molecule has 2 rings (SSSR count). The lowest BCUT2D eigenvalue weighted by Gasteiger charge is -2.29. The summed E-state index contributed by atoms with van der Waals surface area (Å²) in [5, 5.41) is 0.542. The van der Waals surface area contributed by atoms with Crippen LogP contribution >= 0.6 is 15.9 Å². The lowest BCUT2D eigenvalue weighted by molar-refractivity contribution is 0.0576. The van der Waals surface area contributed by atoms with Crippen molar-refractivity contribution < 1.29 is 9.13 Å². The van der Waals surface area contributed by atoms with Crippen LogP contribution in [0.3, 0.4) is 0 Å². The Morgan fingerprint density at radius 3 is 3.00 bits per heavy atom. The Morgan fingerprint density at radius 2 is 2.33 bits per heavy atom. The first-order valence-electron chi connectivity index (χ1n) is 6.34. The third-order valence-electron chi connectivity index (χ3n) is 3.43. The zero-order valence-electron chi connectivity index (χ0n) is 10.7. The Hall–Kier alpha value is -0.610. The summed E-state index contributed by atoms with van der Waals surface area (Å²) in [5.74, 6) is 0.409. The maximum Gasteiger partial charge on any atom is 0.129 e. The summed E-state index contributed by atoms with van der Waals surface area (Å²) in [5.41, 5.74) is 1.70.